The van der Waals surface area contributed by atoms with Crippen molar-refractivity contribution in [1.82, 2.24) is 0 Å². The third-order valence-corrected chi connectivity index (χ3v) is 3.12. The molecular weight excluding hydrogens is 158 g/mol. The molecule has 0 aliphatic heterocycles. The van der Waals surface area contributed by atoms with Gasteiger partial charge in [-0.15, -0.1) is 0 Å². The average molecular weight is 181 g/mol. The smallest absolute Gasteiger partial charge is 0.00761 e. The molecule has 1 saturated carbocycles. The Labute approximate surface area is 82.4 Å². The van der Waals surface area contributed by atoms with Gasteiger partial charge in [-0.3, -0.25) is 0 Å². The highest BCUT2D eigenvalue weighted by Crippen LogP contribution is 2.25. The monoisotopic (exact) mass is 181 g/mol. The predicted octanol–water partition coefficient (Wildman–Crippen LogP) is 3.25. The van der Waals surface area contributed by atoms with E-state index in [1.807, 2.05) is 0 Å². The first-order valence-electron chi connectivity index (χ1n) is 5.71. The molecule has 2 N–H and O–H groups in total. The molecule has 0 aromatic rings. The summed E-state index contributed by atoms with van der Waals surface area (Å²) < 4.78 is 0. The fourth-order valence-corrected chi connectivity index (χ4v) is 2.14. The van der Waals surface area contributed by atoms with Crippen LogP contribution in [0.25, 0.3) is 0 Å². The van der Waals surface area contributed by atoms with Crippen LogP contribution >= 0.6 is 0 Å². The Bertz CT molecular complexity index is 168. The average Bonchev–Trinajstić information content (AvgIpc) is 2.14. The van der Waals surface area contributed by atoms with Gasteiger partial charge in [0, 0.05) is 6.04 Å². The van der Waals surface area contributed by atoms with Crippen LogP contribution in [0.3, 0.4) is 0 Å². The summed E-state index contributed by atoms with van der Waals surface area (Å²) in [6.45, 7) is 4.54. The zero-order valence-corrected chi connectivity index (χ0v) is 9.05. The molecule has 1 aliphatic carbocycles. The molecule has 0 radical (unpaired) electrons. The van der Waals surface area contributed by atoms with E-state index in [-0.39, 0.29) is 0 Å². The minimum absolute atomic E-state index is 0.439. The van der Waals surface area contributed by atoms with Crippen molar-refractivity contribution in [2.24, 2.45) is 11.7 Å². The fourth-order valence-electron chi connectivity index (χ4n) is 2.14. The van der Waals surface area contributed by atoms with Gasteiger partial charge in [-0.05, 0) is 44.4 Å². The van der Waals surface area contributed by atoms with Gasteiger partial charge in [0.1, 0.15) is 0 Å². The zero-order chi connectivity index (χ0) is 9.68. The second-order valence-corrected chi connectivity index (χ2v) is 4.26. The van der Waals surface area contributed by atoms with E-state index >= 15 is 0 Å². The number of allylic oxidation sites excluding steroid dienone is 1. The third kappa shape index (κ3) is 3.51. The summed E-state index contributed by atoms with van der Waals surface area (Å²) in [6.07, 6.45) is 10.00. The molecular formula is C12H23N. The molecule has 1 unspecified atom stereocenters. The molecule has 0 aromatic carbocycles. The topological polar surface area (TPSA) is 26.0 Å². The summed E-state index contributed by atoms with van der Waals surface area (Å²) in [4.78, 5) is 0. The maximum Gasteiger partial charge on any atom is 0.00761 e. The van der Waals surface area contributed by atoms with Gasteiger partial charge in [-0.1, -0.05) is 25.5 Å². The van der Waals surface area contributed by atoms with E-state index in [2.05, 4.69) is 19.9 Å². The van der Waals surface area contributed by atoms with Gasteiger partial charge in [0.25, 0.3) is 0 Å². The molecule has 13 heavy (non-hydrogen) atoms. The largest absolute Gasteiger partial charge is 0.327 e. The van der Waals surface area contributed by atoms with Crippen molar-refractivity contribution in [2.45, 2.75) is 58.4 Å². The van der Waals surface area contributed by atoms with Crippen molar-refractivity contribution in [3.8, 4) is 0 Å². The van der Waals surface area contributed by atoms with Crippen LogP contribution in [0.1, 0.15) is 52.4 Å². The lowest BCUT2D eigenvalue weighted by molar-refractivity contribution is 0.505. The molecule has 0 bridgehead atoms. The highest BCUT2D eigenvalue weighted by Gasteiger charge is 2.13. The molecule has 0 amide bonds. The Hall–Kier alpha value is -0.300. The second kappa shape index (κ2) is 5.43. The molecule has 1 fully saturated rings. The van der Waals surface area contributed by atoms with Gasteiger partial charge in [0.05, 0.1) is 0 Å². The van der Waals surface area contributed by atoms with E-state index in [0.29, 0.717) is 6.04 Å². The van der Waals surface area contributed by atoms with Crippen LogP contribution in [-0.2, 0) is 0 Å². The summed E-state index contributed by atoms with van der Waals surface area (Å²) in [5, 5.41) is 0. The van der Waals surface area contributed by atoms with E-state index in [9.17, 15) is 0 Å². The van der Waals surface area contributed by atoms with Crippen molar-refractivity contribution in [1.29, 1.82) is 0 Å². The van der Waals surface area contributed by atoms with Gasteiger partial charge >= 0.3 is 0 Å². The highest BCUT2D eigenvalue weighted by molar-refractivity contribution is 5.08. The van der Waals surface area contributed by atoms with Crippen LogP contribution in [0.2, 0.25) is 0 Å². The van der Waals surface area contributed by atoms with Gasteiger partial charge in [0.2, 0.25) is 0 Å². The first-order chi connectivity index (χ1) is 6.26. The Balaban J connectivity index is 2.48. The summed E-state index contributed by atoms with van der Waals surface area (Å²) in [6, 6.07) is 0.439. The lowest BCUT2D eigenvalue weighted by Gasteiger charge is -2.22. The van der Waals surface area contributed by atoms with Crippen molar-refractivity contribution in [3.05, 3.63) is 11.6 Å². The number of hydrogen-bond acceptors (Lipinski definition) is 1. The van der Waals surface area contributed by atoms with Crippen LogP contribution < -0.4 is 5.73 Å². The molecule has 76 valence electrons. The summed E-state index contributed by atoms with van der Waals surface area (Å²) in [7, 11) is 0. The second-order valence-electron chi connectivity index (χ2n) is 4.26. The third-order valence-electron chi connectivity index (χ3n) is 3.12. The molecule has 1 rings (SSSR count). The first-order valence-corrected chi connectivity index (χ1v) is 5.71. The molecule has 0 heterocycles. The van der Waals surface area contributed by atoms with Crippen LogP contribution in [0.5, 0.6) is 0 Å². The molecule has 1 aliphatic rings. The molecule has 0 aromatic heterocycles. The molecule has 1 atom stereocenters. The van der Waals surface area contributed by atoms with Crippen molar-refractivity contribution in [3.63, 3.8) is 0 Å². The van der Waals surface area contributed by atoms with Crippen LogP contribution in [-0.4, -0.2) is 6.04 Å². The van der Waals surface area contributed by atoms with Crippen LogP contribution in [0.15, 0.2) is 11.6 Å². The lowest BCUT2D eigenvalue weighted by Crippen LogP contribution is -2.24. The maximum atomic E-state index is 5.94. The normalized spacial score (nSPS) is 27.1. The van der Waals surface area contributed by atoms with Crippen molar-refractivity contribution in [2.75, 3.05) is 0 Å². The van der Waals surface area contributed by atoms with Gasteiger partial charge in [-0.2, -0.15) is 0 Å². The number of nitrogens with two attached hydrogens (primary N) is 1. The minimum Gasteiger partial charge on any atom is -0.327 e. The Kier molecular flexibility index (Phi) is 4.51. The molecule has 1 nitrogen and oxygen atoms in total. The SMILES string of the molecule is CCC(/C=C1/CCCC(N)C1)CC. The van der Waals surface area contributed by atoms with E-state index in [0.717, 1.165) is 12.3 Å². The predicted molar refractivity (Wildman–Crippen MR) is 58.6 cm³/mol. The Morgan fingerprint density at radius 2 is 2.15 bits per heavy atom. The molecule has 1 heteroatoms. The van der Waals surface area contributed by atoms with E-state index in [1.165, 1.54) is 32.1 Å². The standard InChI is InChI=1S/C12H23N/c1-3-10(4-2)8-11-6-5-7-12(13)9-11/h8,10,12H,3-7,9,13H2,1-2H3/b11-8-. The maximum absolute atomic E-state index is 5.94. The molecule has 0 saturated heterocycles. The molecule has 0 spiro atoms. The van der Waals surface area contributed by atoms with Crippen molar-refractivity contribution >= 4 is 0 Å². The summed E-state index contributed by atoms with van der Waals surface area (Å²) in [5.41, 5.74) is 7.56. The lowest BCUT2D eigenvalue weighted by atomic mass is 9.88. The summed E-state index contributed by atoms with van der Waals surface area (Å²) in [5.74, 6) is 0.792. The van der Waals surface area contributed by atoms with Gasteiger partial charge < -0.3 is 5.73 Å². The quantitative estimate of drug-likeness (QED) is 0.664. The van der Waals surface area contributed by atoms with Gasteiger partial charge in [0.15, 0.2) is 0 Å². The zero-order valence-electron chi connectivity index (χ0n) is 9.05. The van der Waals surface area contributed by atoms with Crippen LogP contribution in [0.4, 0.5) is 0 Å². The first kappa shape index (κ1) is 10.8. The number of hydrogen-bond donors (Lipinski definition) is 1. The van der Waals surface area contributed by atoms with E-state index in [4.69, 9.17) is 5.73 Å². The Morgan fingerprint density at radius 3 is 2.69 bits per heavy atom. The van der Waals surface area contributed by atoms with Gasteiger partial charge in [-0.25, -0.2) is 0 Å². The van der Waals surface area contributed by atoms with E-state index < -0.39 is 0 Å². The highest BCUT2D eigenvalue weighted by atomic mass is 14.6. The fraction of sp³-hybridized carbons (Fsp3) is 0.833. The minimum atomic E-state index is 0.439. The Morgan fingerprint density at radius 1 is 1.46 bits per heavy atom. The van der Waals surface area contributed by atoms with Crippen LogP contribution in [0, 0.1) is 5.92 Å². The summed E-state index contributed by atoms with van der Waals surface area (Å²) >= 11 is 0. The van der Waals surface area contributed by atoms with Crippen molar-refractivity contribution < 1.29 is 0 Å². The van der Waals surface area contributed by atoms with E-state index in [1.54, 1.807) is 5.57 Å². The number of rotatable bonds is 3.